The van der Waals surface area contributed by atoms with Gasteiger partial charge in [0.15, 0.2) is 0 Å². The van der Waals surface area contributed by atoms with E-state index in [0.29, 0.717) is 17.9 Å². The molecule has 3 rings (SSSR count). The number of hydrogen-bond acceptors (Lipinski definition) is 1. The highest BCUT2D eigenvalue weighted by Gasteiger charge is 2.41. The van der Waals surface area contributed by atoms with E-state index in [1.807, 2.05) is 0 Å². The second-order valence-electron chi connectivity index (χ2n) is 5.56. The van der Waals surface area contributed by atoms with Gasteiger partial charge in [-0.25, -0.2) is 0 Å². The highest BCUT2D eigenvalue weighted by molar-refractivity contribution is 5.81. The quantitative estimate of drug-likeness (QED) is 0.681. The van der Waals surface area contributed by atoms with E-state index in [1.54, 1.807) is 0 Å². The second kappa shape index (κ2) is 3.80. The fourth-order valence-electron chi connectivity index (χ4n) is 3.46. The maximum absolute atomic E-state index is 12.1. The Bertz CT molecular complexity index is 253. The molecule has 0 bridgehead atoms. The molecule has 84 valence electrons. The molecule has 1 saturated heterocycles. The van der Waals surface area contributed by atoms with Gasteiger partial charge in [-0.15, -0.1) is 0 Å². The second-order valence-corrected chi connectivity index (χ2v) is 5.56. The summed E-state index contributed by atoms with van der Waals surface area (Å²) in [5.41, 5.74) is 0. The van der Waals surface area contributed by atoms with Crippen LogP contribution in [0.3, 0.4) is 0 Å². The van der Waals surface area contributed by atoms with Crippen molar-refractivity contribution < 1.29 is 4.79 Å². The van der Waals surface area contributed by atoms with Crippen LogP contribution in [0.5, 0.6) is 0 Å². The zero-order valence-corrected chi connectivity index (χ0v) is 9.45. The molecular weight excluding hydrogens is 186 g/mol. The number of nitrogens with zero attached hydrogens (tertiary/aromatic N) is 1. The van der Waals surface area contributed by atoms with Crippen molar-refractivity contribution in [2.24, 2.45) is 11.8 Å². The molecule has 1 aliphatic heterocycles. The molecule has 2 saturated carbocycles. The molecular formula is C13H21NO. The minimum absolute atomic E-state index is 0.423. The van der Waals surface area contributed by atoms with Crippen molar-refractivity contribution in [2.45, 2.75) is 57.4 Å². The molecule has 0 aromatic carbocycles. The maximum Gasteiger partial charge on any atom is 0.225 e. The molecule has 0 radical (unpaired) electrons. The van der Waals surface area contributed by atoms with Crippen LogP contribution in [-0.2, 0) is 4.79 Å². The van der Waals surface area contributed by atoms with Crippen LogP contribution in [0.1, 0.15) is 51.4 Å². The Hall–Kier alpha value is -0.530. The number of carbonyl (C=O) groups is 1. The van der Waals surface area contributed by atoms with E-state index in [-0.39, 0.29) is 0 Å². The summed E-state index contributed by atoms with van der Waals surface area (Å²) in [7, 11) is 0. The normalized spacial score (nSPS) is 32.5. The average Bonchev–Trinajstić information content (AvgIpc) is 2.80. The molecule has 1 atom stereocenters. The van der Waals surface area contributed by atoms with Crippen molar-refractivity contribution in [1.82, 2.24) is 4.90 Å². The van der Waals surface area contributed by atoms with Crippen LogP contribution in [0.4, 0.5) is 0 Å². The first-order valence-corrected chi connectivity index (χ1v) is 6.67. The van der Waals surface area contributed by atoms with Crippen LogP contribution >= 0.6 is 0 Å². The molecule has 0 aromatic heterocycles. The van der Waals surface area contributed by atoms with Crippen molar-refractivity contribution in [2.75, 3.05) is 6.54 Å². The number of hydrogen-bond donors (Lipinski definition) is 0. The number of amides is 1. The zero-order valence-electron chi connectivity index (χ0n) is 9.45. The summed E-state index contributed by atoms with van der Waals surface area (Å²) in [5.74, 6) is 1.76. The van der Waals surface area contributed by atoms with E-state index < -0.39 is 0 Å². The third-order valence-electron chi connectivity index (χ3n) is 4.45. The minimum atomic E-state index is 0.423. The highest BCUT2D eigenvalue weighted by Crippen LogP contribution is 2.39. The van der Waals surface area contributed by atoms with Gasteiger partial charge >= 0.3 is 0 Å². The Kier molecular flexibility index (Phi) is 2.45. The van der Waals surface area contributed by atoms with E-state index in [9.17, 15) is 4.79 Å². The molecule has 15 heavy (non-hydrogen) atoms. The maximum atomic E-state index is 12.1. The first-order chi connectivity index (χ1) is 7.36. The topological polar surface area (TPSA) is 20.3 Å². The molecule has 0 aromatic rings. The zero-order chi connectivity index (χ0) is 10.3. The Morgan fingerprint density at radius 3 is 2.33 bits per heavy atom. The van der Waals surface area contributed by atoms with Crippen LogP contribution in [-0.4, -0.2) is 23.4 Å². The summed E-state index contributed by atoms with van der Waals surface area (Å²) in [5, 5.41) is 0. The number of rotatable bonds is 2. The monoisotopic (exact) mass is 207 g/mol. The molecule has 3 aliphatic rings. The summed E-state index contributed by atoms with van der Waals surface area (Å²) >= 11 is 0. The van der Waals surface area contributed by atoms with Gasteiger partial charge in [0.2, 0.25) is 5.91 Å². The largest absolute Gasteiger partial charge is 0.339 e. The molecule has 1 amide bonds. The Morgan fingerprint density at radius 2 is 1.67 bits per heavy atom. The van der Waals surface area contributed by atoms with Gasteiger partial charge in [0, 0.05) is 18.5 Å². The lowest BCUT2D eigenvalue weighted by Crippen LogP contribution is -2.40. The summed E-state index contributed by atoms with van der Waals surface area (Å²) in [6, 6.07) is 0.626. The summed E-state index contributed by atoms with van der Waals surface area (Å²) < 4.78 is 0. The third-order valence-corrected chi connectivity index (χ3v) is 4.45. The van der Waals surface area contributed by atoms with Gasteiger partial charge in [-0.2, -0.15) is 0 Å². The van der Waals surface area contributed by atoms with Crippen molar-refractivity contribution in [3.8, 4) is 0 Å². The molecule has 1 unspecified atom stereocenters. The summed E-state index contributed by atoms with van der Waals surface area (Å²) in [6.45, 7) is 1.05. The summed E-state index contributed by atoms with van der Waals surface area (Å²) in [6.07, 6.45) is 10.4. The standard InChI is InChI=1S/C13H21NO/c15-13(11-7-8-11)14-9-3-6-12(14)10-4-1-2-5-10/h10-12H,1-9H2. The Morgan fingerprint density at radius 1 is 0.933 bits per heavy atom. The van der Waals surface area contributed by atoms with Gasteiger partial charge in [0.25, 0.3) is 0 Å². The van der Waals surface area contributed by atoms with Crippen LogP contribution < -0.4 is 0 Å². The van der Waals surface area contributed by atoms with Gasteiger partial charge in [-0.1, -0.05) is 12.8 Å². The molecule has 0 spiro atoms. The number of carbonyl (C=O) groups excluding carboxylic acids is 1. The van der Waals surface area contributed by atoms with Gasteiger partial charge in [0.1, 0.15) is 0 Å². The molecule has 1 heterocycles. The van der Waals surface area contributed by atoms with Crippen LogP contribution in [0.25, 0.3) is 0 Å². The molecule has 2 aliphatic carbocycles. The smallest absolute Gasteiger partial charge is 0.225 e. The van der Waals surface area contributed by atoms with Crippen LogP contribution in [0, 0.1) is 11.8 Å². The lowest BCUT2D eigenvalue weighted by molar-refractivity contribution is -0.134. The average molecular weight is 207 g/mol. The first kappa shape index (κ1) is 9.68. The van der Waals surface area contributed by atoms with Crippen LogP contribution in [0.15, 0.2) is 0 Å². The Balaban J connectivity index is 1.67. The fourth-order valence-corrected chi connectivity index (χ4v) is 3.46. The molecule has 2 nitrogen and oxygen atoms in total. The molecule has 3 fully saturated rings. The first-order valence-electron chi connectivity index (χ1n) is 6.67. The SMILES string of the molecule is O=C(C1CC1)N1CCCC1C1CCCC1. The van der Waals surface area contributed by atoms with Gasteiger partial charge < -0.3 is 4.90 Å². The highest BCUT2D eigenvalue weighted by atomic mass is 16.2. The van der Waals surface area contributed by atoms with Gasteiger partial charge in [-0.3, -0.25) is 4.79 Å². The lowest BCUT2D eigenvalue weighted by Gasteiger charge is -2.29. The predicted octanol–water partition coefficient (Wildman–Crippen LogP) is 2.58. The van der Waals surface area contributed by atoms with E-state index in [0.717, 1.165) is 25.3 Å². The molecule has 0 N–H and O–H groups in total. The lowest BCUT2D eigenvalue weighted by atomic mass is 9.96. The van der Waals surface area contributed by atoms with E-state index >= 15 is 0 Å². The molecule has 2 heteroatoms. The van der Waals surface area contributed by atoms with Gasteiger partial charge in [-0.05, 0) is 44.4 Å². The fraction of sp³-hybridized carbons (Fsp3) is 0.923. The van der Waals surface area contributed by atoms with E-state index in [1.165, 1.54) is 38.5 Å². The third kappa shape index (κ3) is 1.79. The van der Waals surface area contributed by atoms with E-state index in [2.05, 4.69) is 4.90 Å². The van der Waals surface area contributed by atoms with Crippen molar-refractivity contribution in [1.29, 1.82) is 0 Å². The van der Waals surface area contributed by atoms with Gasteiger partial charge in [0.05, 0.1) is 0 Å². The Labute approximate surface area is 92.0 Å². The minimum Gasteiger partial charge on any atom is -0.339 e. The predicted molar refractivity (Wildman–Crippen MR) is 59.4 cm³/mol. The van der Waals surface area contributed by atoms with Crippen molar-refractivity contribution in [3.05, 3.63) is 0 Å². The van der Waals surface area contributed by atoms with Crippen molar-refractivity contribution in [3.63, 3.8) is 0 Å². The van der Waals surface area contributed by atoms with Crippen molar-refractivity contribution >= 4 is 5.91 Å². The summed E-state index contributed by atoms with van der Waals surface area (Å²) in [4.78, 5) is 14.3. The number of likely N-dealkylation sites (tertiary alicyclic amines) is 1. The van der Waals surface area contributed by atoms with Crippen LogP contribution in [0.2, 0.25) is 0 Å². The van der Waals surface area contributed by atoms with E-state index in [4.69, 9.17) is 0 Å².